The van der Waals surface area contributed by atoms with Gasteiger partial charge in [0, 0.05) is 39.2 Å². The minimum absolute atomic E-state index is 0.00438. The van der Waals surface area contributed by atoms with Crippen LogP contribution in [-0.4, -0.2) is 64.8 Å². The highest BCUT2D eigenvalue weighted by Gasteiger charge is 2.26. The van der Waals surface area contributed by atoms with Crippen molar-refractivity contribution in [2.24, 2.45) is 5.92 Å². The van der Waals surface area contributed by atoms with Crippen LogP contribution in [0, 0.1) is 5.92 Å². The summed E-state index contributed by atoms with van der Waals surface area (Å²) in [4.78, 5) is 26.4. The zero-order chi connectivity index (χ0) is 14.3. The van der Waals surface area contributed by atoms with E-state index in [0.717, 1.165) is 12.8 Å². The Hall–Kier alpha value is -1.30. The molecule has 0 bridgehead atoms. The number of aliphatic hydroxyl groups is 1. The molecule has 110 valence electrons. The lowest BCUT2D eigenvalue weighted by Gasteiger charge is -2.35. The maximum atomic E-state index is 12.2. The minimum Gasteiger partial charge on any atom is -0.481 e. The van der Waals surface area contributed by atoms with Gasteiger partial charge in [0.2, 0.25) is 0 Å². The normalized spacial score (nSPS) is 16.4. The van der Waals surface area contributed by atoms with Crippen LogP contribution >= 0.6 is 0 Å². The molecule has 0 aromatic heterocycles. The predicted octanol–water partition coefficient (Wildman–Crippen LogP) is 0.997. The molecule has 0 radical (unpaired) electrons. The van der Waals surface area contributed by atoms with Gasteiger partial charge in [0.25, 0.3) is 0 Å². The highest BCUT2D eigenvalue weighted by Crippen LogP contribution is 2.21. The second-order valence-electron chi connectivity index (χ2n) is 4.97. The Bertz CT molecular complexity index is 301. The molecule has 6 heteroatoms. The first-order valence-electron chi connectivity index (χ1n) is 6.95. The van der Waals surface area contributed by atoms with Crippen molar-refractivity contribution in [3.8, 4) is 0 Å². The van der Waals surface area contributed by atoms with Gasteiger partial charge in [-0.2, -0.15) is 0 Å². The van der Waals surface area contributed by atoms with Crippen molar-refractivity contribution < 1.29 is 19.8 Å². The highest BCUT2D eigenvalue weighted by atomic mass is 16.4. The van der Waals surface area contributed by atoms with Gasteiger partial charge >= 0.3 is 12.0 Å². The fourth-order valence-corrected chi connectivity index (χ4v) is 2.43. The van der Waals surface area contributed by atoms with E-state index in [0.29, 0.717) is 32.6 Å². The molecule has 0 aromatic carbocycles. The van der Waals surface area contributed by atoms with Crippen LogP contribution in [0.3, 0.4) is 0 Å². The van der Waals surface area contributed by atoms with Crippen LogP contribution < -0.4 is 0 Å². The van der Waals surface area contributed by atoms with E-state index in [1.165, 1.54) is 0 Å². The molecule has 1 fully saturated rings. The molecule has 6 nitrogen and oxygen atoms in total. The number of amides is 2. The van der Waals surface area contributed by atoms with Crippen LogP contribution in [0.15, 0.2) is 0 Å². The predicted molar refractivity (Wildman–Crippen MR) is 70.9 cm³/mol. The maximum absolute atomic E-state index is 12.2. The Kier molecular flexibility index (Phi) is 6.62. The lowest BCUT2D eigenvalue weighted by Crippen LogP contribution is -2.47. The Labute approximate surface area is 114 Å². The van der Waals surface area contributed by atoms with Crippen molar-refractivity contribution >= 4 is 12.0 Å². The van der Waals surface area contributed by atoms with E-state index in [1.54, 1.807) is 9.80 Å². The van der Waals surface area contributed by atoms with Gasteiger partial charge in [0.1, 0.15) is 0 Å². The van der Waals surface area contributed by atoms with E-state index in [9.17, 15) is 9.59 Å². The first-order chi connectivity index (χ1) is 9.08. The minimum atomic E-state index is -0.761. The van der Waals surface area contributed by atoms with Crippen molar-refractivity contribution in [2.75, 3.05) is 32.8 Å². The fraction of sp³-hybridized carbons (Fsp3) is 0.846. The number of carbonyl (C=O) groups excluding carboxylic acids is 1. The lowest BCUT2D eigenvalue weighted by atomic mass is 9.94. The average Bonchev–Trinajstić information content (AvgIpc) is 2.39. The number of hydrogen-bond donors (Lipinski definition) is 2. The number of hydrogen-bond acceptors (Lipinski definition) is 3. The number of likely N-dealkylation sites (tertiary alicyclic amines) is 1. The number of carboxylic acids is 1. The van der Waals surface area contributed by atoms with Crippen LogP contribution in [0.5, 0.6) is 0 Å². The molecule has 1 saturated heterocycles. The average molecular weight is 272 g/mol. The monoisotopic (exact) mass is 272 g/mol. The van der Waals surface area contributed by atoms with Crippen LogP contribution in [0.2, 0.25) is 0 Å². The smallest absolute Gasteiger partial charge is 0.319 e. The van der Waals surface area contributed by atoms with Crippen molar-refractivity contribution in [2.45, 2.75) is 32.6 Å². The van der Waals surface area contributed by atoms with Gasteiger partial charge in [-0.3, -0.25) is 4.79 Å². The standard InChI is InChI=1S/C13H24N2O4/c1-2-14(6-3-9-16)13(19)15-7-4-11(5-8-15)10-12(17)18/h11,16H,2-10H2,1H3,(H,17,18). The van der Waals surface area contributed by atoms with E-state index >= 15 is 0 Å². The number of piperidine rings is 1. The molecule has 19 heavy (non-hydrogen) atoms. The summed E-state index contributed by atoms with van der Waals surface area (Å²) in [5.41, 5.74) is 0. The van der Waals surface area contributed by atoms with Crippen molar-refractivity contribution in [3.63, 3.8) is 0 Å². The molecule has 2 N–H and O–H groups in total. The van der Waals surface area contributed by atoms with Crippen molar-refractivity contribution in [1.82, 2.24) is 9.80 Å². The van der Waals surface area contributed by atoms with Gasteiger partial charge in [0.15, 0.2) is 0 Å². The van der Waals surface area contributed by atoms with Crippen molar-refractivity contribution in [3.05, 3.63) is 0 Å². The van der Waals surface area contributed by atoms with Crippen LogP contribution in [0.1, 0.15) is 32.6 Å². The summed E-state index contributed by atoms with van der Waals surface area (Å²) in [6.07, 6.45) is 2.31. The third-order valence-electron chi connectivity index (χ3n) is 3.59. The van der Waals surface area contributed by atoms with E-state index in [-0.39, 0.29) is 25.0 Å². The molecule has 0 unspecified atom stereocenters. The molecule has 1 rings (SSSR count). The number of aliphatic hydroxyl groups excluding tert-OH is 1. The summed E-state index contributed by atoms with van der Waals surface area (Å²) >= 11 is 0. The largest absolute Gasteiger partial charge is 0.481 e. The molecular formula is C13H24N2O4. The summed E-state index contributed by atoms with van der Waals surface area (Å²) in [6, 6.07) is 0.00438. The summed E-state index contributed by atoms with van der Waals surface area (Å²) in [5.74, 6) is -0.572. The number of aliphatic carboxylic acids is 1. The second kappa shape index (κ2) is 7.99. The number of carboxylic acid groups (broad SMARTS) is 1. The zero-order valence-corrected chi connectivity index (χ0v) is 11.5. The van der Waals surface area contributed by atoms with Crippen LogP contribution in [0.4, 0.5) is 4.79 Å². The summed E-state index contributed by atoms with van der Waals surface area (Å²) in [6.45, 7) is 4.48. The van der Waals surface area contributed by atoms with E-state index in [1.807, 2.05) is 6.92 Å². The van der Waals surface area contributed by atoms with Gasteiger partial charge < -0.3 is 20.0 Å². The molecule has 0 spiro atoms. The third-order valence-corrected chi connectivity index (χ3v) is 3.59. The Morgan fingerprint density at radius 3 is 2.42 bits per heavy atom. The Morgan fingerprint density at radius 1 is 1.32 bits per heavy atom. The molecule has 0 aliphatic carbocycles. The first-order valence-corrected chi connectivity index (χ1v) is 6.95. The lowest BCUT2D eigenvalue weighted by molar-refractivity contribution is -0.138. The first kappa shape index (κ1) is 15.8. The second-order valence-corrected chi connectivity index (χ2v) is 4.97. The van der Waals surface area contributed by atoms with Gasteiger partial charge in [-0.25, -0.2) is 4.79 Å². The SMILES string of the molecule is CCN(CCCO)C(=O)N1CCC(CC(=O)O)CC1. The van der Waals surface area contributed by atoms with Crippen LogP contribution in [0.25, 0.3) is 0 Å². The van der Waals surface area contributed by atoms with Crippen molar-refractivity contribution in [1.29, 1.82) is 0 Å². The Balaban J connectivity index is 2.40. The van der Waals surface area contributed by atoms with E-state index < -0.39 is 5.97 Å². The number of rotatable bonds is 6. The number of urea groups is 1. The fourth-order valence-electron chi connectivity index (χ4n) is 2.43. The molecule has 0 aromatic rings. The summed E-state index contributed by atoms with van der Waals surface area (Å²) in [7, 11) is 0. The quantitative estimate of drug-likeness (QED) is 0.755. The molecule has 1 heterocycles. The van der Waals surface area contributed by atoms with Gasteiger partial charge in [-0.1, -0.05) is 0 Å². The Morgan fingerprint density at radius 2 is 1.95 bits per heavy atom. The maximum Gasteiger partial charge on any atom is 0.319 e. The van der Waals surface area contributed by atoms with Crippen LogP contribution in [-0.2, 0) is 4.79 Å². The third kappa shape index (κ3) is 5.06. The molecule has 0 atom stereocenters. The van der Waals surface area contributed by atoms with Gasteiger partial charge in [-0.05, 0) is 32.1 Å². The van der Waals surface area contributed by atoms with E-state index in [4.69, 9.17) is 10.2 Å². The molecule has 1 aliphatic heterocycles. The molecule has 2 amide bonds. The zero-order valence-electron chi connectivity index (χ0n) is 11.5. The molecular weight excluding hydrogens is 248 g/mol. The molecule has 1 aliphatic rings. The number of nitrogens with zero attached hydrogens (tertiary/aromatic N) is 2. The van der Waals surface area contributed by atoms with E-state index in [2.05, 4.69) is 0 Å². The molecule has 0 saturated carbocycles. The number of carbonyl (C=O) groups is 2. The van der Waals surface area contributed by atoms with Gasteiger partial charge in [-0.15, -0.1) is 0 Å². The topological polar surface area (TPSA) is 81.1 Å². The van der Waals surface area contributed by atoms with Gasteiger partial charge in [0.05, 0.1) is 0 Å². The highest BCUT2D eigenvalue weighted by molar-refractivity contribution is 5.74. The summed E-state index contributed by atoms with van der Waals surface area (Å²) < 4.78 is 0. The summed E-state index contributed by atoms with van der Waals surface area (Å²) in [5, 5.41) is 17.6.